The SMILES string of the molecule is Cc1ccc(OC2CNC2)cc1C(=O)NC(C)c1cccc(-c2ccsc2)c1. The van der Waals surface area contributed by atoms with Gasteiger partial charge in [0.25, 0.3) is 5.91 Å². The molecule has 1 aliphatic heterocycles. The van der Waals surface area contributed by atoms with Gasteiger partial charge in [-0.3, -0.25) is 4.79 Å². The summed E-state index contributed by atoms with van der Waals surface area (Å²) in [5.74, 6) is 0.664. The average Bonchev–Trinajstić information content (AvgIpc) is 3.20. The molecule has 0 spiro atoms. The lowest BCUT2D eigenvalue weighted by atomic mass is 10.0. The van der Waals surface area contributed by atoms with Crippen LogP contribution in [0.25, 0.3) is 11.1 Å². The van der Waals surface area contributed by atoms with Gasteiger partial charge >= 0.3 is 0 Å². The predicted octanol–water partition coefficient (Wildman–Crippen LogP) is 4.57. The summed E-state index contributed by atoms with van der Waals surface area (Å²) < 4.78 is 5.90. The van der Waals surface area contributed by atoms with E-state index in [4.69, 9.17) is 4.74 Å². The smallest absolute Gasteiger partial charge is 0.252 e. The van der Waals surface area contributed by atoms with E-state index in [0.717, 1.165) is 30.0 Å². The number of carbonyl (C=O) groups is 1. The van der Waals surface area contributed by atoms with E-state index in [2.05, 4.69) is 45.7 Å². The molecule has 4 rings (SSSR count). The van der Waals surface area contributed by atoms with Crippen molar-refractivity contribution in [2.45, 2.75) is 26.0 Å². The Kier molecular flexibility index (Phi) is 5.46. The highest BCUT2D eigenvalue weighted by Gasteiger charge is 2.20. The molecule has 0 aliphatic carbocycles. The van der Waals surface area contributed by atoms with Crippen LogP contribution in [0.3, 0.4) is 0 Å². The Bertz CT molecular complexity index is 964. The third-order valence-corrected chi connectivity index (χ3v) is 5.77. The Labute approximate surface area is 169 Å². The van der Waals surface area contributed by atoms with Gasteiger partial charge in [-0.15, -0.1) is 0 Å². The van der Waals surface area contributed by atoms with Crippen molar-refractivity contribution in [2.24, 2.45) is 0 Å². The highest BCUT2D eigenvalue weighted by Crippen LogP contribution is 2.26. The van der Waals surface area contributed by atoms with Crippen molar-refractivity contribution < 1.29 is 9.53 Å². The molecule has 5 heteroatoms. The van der Waals surface area contributed by atoms with E-state index in [9.17, 15) is 4.79 Å². The van der Waals surface area contributed by atoms with Crippen molar-refractivity contribution in [3.05, 3.63) is 76.0 Å². The van der Waals surface area contributed by atoms with Crippen molar-refractivity contribution in [1.29, 1.82) is 0 Å². The highest BCUT2D eigenvalue weighted by atomic mass is 32.1. The summed E-state index contributed by atoms with van der Waals surface area (Å²) in [5.41, 5.74) is 5.06. The van der Waals surface area contributed by atoms with Crippen molar-refractivity contribution >= 4 is 17.2 Å². The Balaban J connectivity index is 1.48. The molecule has 2 heterocycles. The molecule has 2 aromatic carbocycles. The van der Waals surface area contributed by atoms with Gasteiger partial charge in [0.1, 0.15) is 11.9 Å². The normalized spacial score (nSPS) is 14.9. The molecular formula is C23H24N2O2S. The van der Waals surface area contributed by atoms with Gasteiger partial charge in [-0.05, 0) is 71.1 Å². The van der Waals surface area contributed by atoms with E-state index < -0.39 is 0 Å². The number of benzene rings is 2. The summed E-state index contributed by atoms with van der Waals surface area (Å²) in [6.45, 7) is 5.67. The Morgan fingerprint density at radius 3 is 2.75 bits per heavy atom. The summed E-state index contributed by atoms with van der Waals surface area (Å²) in [4.78, 5) is 12.9. The number of hydrogen-bond donors (Lipinski definition) is 2. The zero-order chi connectivity index (χ0) is 19.5. The lowest BCUT2D eigenvalue weighted by Crippen LogP contribution is -2.50. The van der Waals surface area contributed by atoms with E-state index >= 15 is 0 Å². The zero-order valence-corrected chi connectivity index (χ0v) is 16.9. The lowest BCUT2D eigenvalue weighted by molar-refractivity contribution is 0.0937. The highest BCUT2D eigenvalue weighted by molar-refractivity contribution is 7.08. The van der Waals surface area contributed by atoms with Crippen LogP contribution in [-0.2, 0) is 0 Å². The quantitative estimate of drug-likeness (QED) is 0.646. The summed E-state index contributed by atoms with van der Waals surface area (Å²) >= 11 is 1.68. The standard InChI is InChI=1S/C23H24N2O2S/c1-15-6-7-20(27-21-12-24-13-21)11-22(15)23(26)25-16(2)17-4-3-5-18(10-17)19-8-9-28-14-19/h3-11,14,16,21,24H,12-13H2,1-2H3,(H,25,26). The van der Waals surface area contributed by atoms with Crippen LogP contribution >= 0.6 is 11.3 Å². The Morgan fingerprint density at radius 1 is 1.18 bits per heavy atom. The fourth-order valence-corrected chi connectivity index (χ4v) is 3.90. The number of carbonyl (C=O) groups excluding carboxylic acids is 1. The molecular weight excluding hydrogens is 368 g/mol. The summed E-state index contributed by atoms with van der Waals surface area (Å²) in [5, 5.41) is 10.5. The molecule has 1 aliphatic rings. The lowest BCUT2D eigenvalue weighted by Gasteiger charge is -2.28. The fourth-order valence-electron chi connectivity index (χ4n) is 3.23. The Morgan fingerprint density at radius 2 is 2.04 bits per heavy atom. The molecule has 3 aromatic rings. The first kappa shape index (κ1) is 18.7. The van der Waals surface area contributed by atoms with E-state index in [1.54, 1.807) is 11.3 Å². The monoisotopic (exact) mass is 392 g/mol. The third-order valence-electron chi connectivity index (χ3n) is 5.09. The topological polar surface area (TPSA) is 50.4 Å². The first-order valence-electron chi connectivity index (χ1n) is 9.51. The minimum absolute atomic E-state index is 0.0804. The third kappa shape index (κ3) is 4.11. The number of aryl methyl sites for hydroxylation is 1. The van der Waals surface area contributed by atoms with E-state index in [1.165, 1.54) is 11.1 Å². The van der Waals surface area contributed by atoms with Crippen molar-refractivity contribution in [3.63, 3.8) is 0 Å². The van der Waals surface area contributed by atoms with Gasteiger partial charge in [0.15, 0.2) is 0 Å². The molecule has 28 heavy (non-hydrogen) atoms. The number of amides is 1. The van der Waals surface area contributed by atoms with E-state index in [1.807, 2.05) is 38.1 Å². The second-order valence-corrected chi connectivity index (χ2v) is 7.99. The van der Waals surface area contributed by atoms with Crippen LogP contribution in [0, 0.1) is 6.92 Å². The van der Waals surface area contributed by atoms with Gasteiger partial charge in [-0.25, -0.2) is 0 Å². The second kappa shape index (κ2) is 8.17. The Hall–Kier alpha value is -2.63. The number of nitrogens with one attached hydrogen (secondary N) is 2. The average molecular weight is 393 g/mol. The fraction of sp³-hybridized carbons (Fsp3) is 0.261. The molecule has 1 saturated heterocycles. The molecule has 144 valence electrons. The predicted molar refractivity (Wildman–Crippen MR) is 114 cm³/mol. The van der Waals surface area contributed by atoms with E-state index in [0.29, 0.717) is 5.56 Å². The number of rotatable bonds is 6. The minimum Gasteiger partial charge on any atom is -0.488 e. The van der Waals surface area contributed by atoms with Crippen LogP contribution in [0.15, 0.2) is 59.3 Å². The van der Waals surface area contributed by atoms with Crippen LogP contribution in [-0.4, -0.2) is 25.1 Å². The maximum absolute atomic E-state index is 12.9. The van der Waals surface area contributed by atoms with Crippen molar-refractivity contribution in [2.75, 3.05) is 13.1 Å². The van der Waals surface area contributed by atoms with Crippen molar-refractivity contribution in [3.8, 4) is 16.9 Å². The zero-order valence-electron chi connectivity index (χ0n) is 16.1. The first-order chi connectivity index (χ1) is 13.6. The van der Waals surface area contributed by atoms with Gasteiger partial charge in [0.2, 0.25) is 0 Å². The molecule has 1 aromatic heterocycles. The van der Waals surface area contributed by atoms with Crippen molar-refractivity contribution in [1.82, 2.24) is 10.6 Å². The molecule has 0 radical (unpaired) electrons. The molecule has 4 nitrogen and oxygen atoms in total. The summed E-state index contributed by atoms with van der Waals surface area (Å²) in [7, 11) is 0. The largest absolute Gasteiger partial charge is 0.488 e. The van der Waals surface area contributed by atoms with Gasteiger partial charge in [-0.1, -0.05) is 24.3 Å². The molecule has 1 atom stereocenters. The van der Waals surface area contributed by atoms with Gasteiger partial charge in [0.05, 0.1) is 6.04 Å². The molecule has 0 saturated carbocycles. The number of hydrogen-bond acceptors (Lipinski definition) is 4. The van der Waals surface area contributed by atoms with Crippen LogP contribution in [0.1, 0.15) is 34.5 Å². The van der Waals surface area contributed by atoms with Crippen LogP contribution in [0.5, 0.6) is 5.75 Å². The minimum atomic E-state index is -0.0918. The maximum Gasteiger partial charge on any atom is 0.252 e. The molecule has 1 amide bonds. The van der Waals surface area contributed by atoms with Crippen LogP contribution in [0.2, 0.25) is 0 Å². The van der Waals surface area contributed by atoms with Gasteiger partial charge in [-0.2, -0.15) is 11.3 Å². The first-order valence-corrected chi connectivity index (χ1v) is 10.5. The second-order valence-electron chi connectivity index (χ2n) is 7.21. The van der Waals surface area contributed by atoms with Gasteiger partial charge in [0, 0.05) is 18.7 Å². The van der Waals surface area contributed by atoms with Gasteiger partial charge < -0.3 is 15.4 Å². The maximum atomic E-state index is 12.9. The summed E-state index contributed by atoms with van der Waals surface area (Å²) in [6.07, 6.45) is 0.192. The number of thiophene rings is 1. The molecule has 1 unspecified atom stereocenters. The van der Waals surface area contributed by atoms with Crippen LogP contribution < -0.4 is 15.4 Å². The summed E-state index contributed by atoms with van der Waals surface area (Å²) in [6, 6.07) is 16.1. The molecule has 1 fully saturated rings. The molecule has 2 N–H and O–H groups in total. The molecule has 0 bridgehead atoms. The van der Waals surface area contributed by atoms with Crippen LogP contribution in [0.4, 0.5) is 0 Å². The van der Waals surface area contributed by atoms with E-state index in [-0.39, 0.29) is 18.1 Å². The number of ether oxygens (including phenoxy) is 1.